The largest absolute Gasteiger partial charge is 0.292 e. The molecule has 0 aromatic heterocycles. The van der Waals surface area contributed by atoms with Gasteiger partial charge in [-0.25, -0.2) is 0 Å². The minimum Gasteiger partial charge on any atom is -0.101 e. The van der Waals surface area contributed by atoms with Crippen LogP contribution in [0.2, 0.25) is 0 Å². The lowest BCUT2D eigenvalue weighted by atomic mass is 10.6. The van der Waals surface area contributed by atoms with E-state index in [2.05, 4.69) is 39.4 Å². The molecule has 0 radical (unpaired) electrons. The van der Waals surface area contributed by atoms with Crippen LogP contribution in [0.4, 0.5) is 0 Å². The van der Waals surface area contributed by atoms with Crippen molar-refractivity contribution < 1.29 is 0 Å². The molecular formula is C6H15P2S6+. The molecule has 0 aromatic carbocycles. The van der Waals surface area contributed by atoms with Crippen molar-refractivity contribution in [3.05, 3.63) is 0 Å². The van der Waals surface area contributed by atoms with Gasteiger partial charge in [0, 0.05) is 10.5 Å². The molecule has 0 aliphatic heterocycles. The third kappa shape index (κ3) is 6.34. The molecule has 2 unspecified atom stereocenters. The van der Waals surface area contributed by atoms with Gasteiger partial charge >= 0.3 is 0 Å². The van der Waals surface area contributed by atoms with Gasteiger partial charge in [-0.15, -0.1) is 11.7 Å². The number of thiol groups is 1. The highest BCUT2D eigenvalue weighted by Crippen LogP contribution is 2.90. The van der Waals surface area contributed by atoms with Gasteiger partial charge in [0.05, 0.1) is 0 Å². The summed E-state index contributed by atoms with van der Waals surface area (Å²) in [6, 6.07) is 0. The van der Waals surface area contributed by atoms with Crippen LogP contribution in [0.15, 0.2) is 0 Å². The van der Waals surface area contributed by atoms with Gasteiger partial charge in [-0.1, -0.05) is 25.2 Å². The van der Waals surface area contributed by atoms with E-state index in [1.807, 2.05) is 22.8 Å². The zero-order valence-electron chi connectivity index (χ0n) is 8.54. The molecule has 8 heteroatoms. The van der Waals surface area contributed by atoms with Gasteiger partial charge in [0.15, 0.2) is 11.8 Å². The first-order chi connectivity index (χ1) is 6.31. The van der Waals surface area contributed by atoms with Crippen LogP contribution >= 0.6 is 54.6 Å². The van der Waals surface area contributed by atoms with E-state index in [9.17, 15) is 0 Å². The molecular weight excluding hydrogens is 326 g/mol. The summed E-state index contributed by atoms with van der Waals surface area (Å²) in [5.41, 5.74) is -0.523. The van der Waals surface area contributed by atoms with Crippen molar-refractivity contribution in [2.45, 2.75) is 38.2 Å². The van der Waals surface area contributed by atoms with Gasteiger partial charge in [0.2, 0.25) is 0 Å². The Balaban J connectivity index is 4.52. The molecule has 0 bridgehead atoms. The second kappa shape index (κ2) is 7.81. The Labute approximate surface area is 115 Å². The van der Waals surface area contributed by atoms with Crippen LogP contribution in [-0.4, -0.2) is 10.5 Å². The van der Waals surface area contributed by atoms with Crippen LogP contribution in [0.3, 0.4) is 0 Å². The van der Waals surface area contributed by atoms with Gasteiger partial charge in [0.1, 0.15) is 11.4 Å². The number of rotatable bonds is 6. The van der Waals surface area contributed by atoms with Crippen molar-refractivity contribution in [1.29, 1.82) is 0 Å². The summed E-state index contributed by atoms with van der Waals surface area (Å²) in [4.78, 5) is 0. The highest BCUT2D eigenvalue weighted by Gasteiger charge is 2.38. The fourth-order valence-electron chi connectivity index (χ4n) is 0.592. The lowest BCUT2D eigenvalue weighted by Gasteiger charge is -2.11. The third-order valence-electron chi connectivity index (χ3n) is 0.948. The number of hydrogen-bond acceptors (Lipinski definition) is 6. The van der Waals surface area contributed by atoms with E-state index in [1.165, 1.54) is 10.4 Å². The first kappa shape index (κ1) is 16.6. The van der Waals surface area contributed by atoms with Crippen molar-refractivity contribution in [3.8, 4) is 0 Å². The smallest absolute Gasteiger partial charge is 0.101 e. The van der Waals surface area contributed by atoms with E-state index < -0.39 is 9.72 Å². The van der Waals surface area contributed by atoms with E-state index >= 15 is 0 Å². The van der Waals surface area contributed by atoms with Crippen LogP contribution in [0.5, 0.6) is 0 Å². The van der Waals surface area contributed by atoms with Gasteiger partial charge in [-0.05, 0) is 36.1 Å². The normalized spacial score (nSPS) is 17.2. The Hall–Kier alpha value is 2.57. The lowest BCUT2D eigenvalue weighted by molar-refractivity contribution is 1.12. The molecule has 0 aromatic rings. The summed E-state index contributed by atoms with van der Waals surface area (Å²) in [6.07, 6.45) is 0. The van der Waals surface area contributed by atoms with Gasteiger partial charge in [0.25, 0.3) is 9.72 Å². The van der Waals surface area contributed by atoms with Gasteiger partial charge < -0.3 is 0 Å². The van der Waals surface area contributed by atoms with Crippen molar-refractivity contribution in [1.82, 2.24) is 0 Å². The summed E-state index contributed by atoms with van der Waals surface area (Å²) in [6.45, 7) is 8.70. The van der Waals surface area contributed by atoms with Gasteiger partial charge in [-0.3, -0.25) is 0 Å². The van der Waals surface area contributed by atoms with Crippen LogP contribution < -0.4 is 0 Å². The Morgan fingerprint density at radius 1 is 1.21 bits per heavy atom. The quantitative estimate of drug-likeness (QED) is 0.360. The average molecular weight is 342 g/mol. The highest BCUT2D eigenvalue weighted by atomic mass is 33.6. The van der Waals surface area contributed by atoms with E-state index in [0.717, 1.165) is 0 Å². The second-order valence-corrected chi connectivity index (χ2v) is 27.2. The summed E-state index contributed by atoms with van der Waals surface area (Å²) < 4.78 is -1.53. The minimum atomic E-state index is -1.53. The molecule has 2 atom stereocenters. The first-order valence-corrected chi connectivity index (χ1v) is 15.4. The number of hydrogen-bond donors (Lipinski definition) is 1. The van der Waals surface area contributed by atoms with Gasteiger partial charge in [-0.2, -0.15) is 0 Å². The third-order valence-corrected chi connectivity index (χ3v) is 34.4. The molecule has 0 saturated heterocycles. The SMILES string of the molecule is CC(C)S[P+](=S)P(=S)(SS)SC(C)C. The fraction of sp³-hybridized carbons (Fsp3) is 1.00. The van der Waals surface area contributed by atoms with Crippen LogP contribution in [0, 0.1) is 0 Å². The van der Waals surface area contributed by atoms with Crippen LogP contribution in [0.25, 0.3) is 0 Å². The average Bonchev–Trinajstić information content (AvgIpc) is 2.01. The summed E-state index contributed by atoms with van der Waals surface area (Å²) >= 11 is 19.3. The van der Waals surface area contributed by atoms with Crippen molar-refractivity contribution >= 4 is 78.2 Å². The molecule has 14 heavy (non-hydrogen) atoms. The Kier molecular flexibility index (Phi) is 9.25. The molecule has 0 spiro atoms. The summed E-state index contributed by atoms with van der Waals surface area (Å²) in [7, 11) is 1.54. The maximum atomic E-state index is 5.68. The molecule has 84 valence electrons. The topological polar surface area (TPSA) is 0 Å². The predicted molar refractivity (Wildman–Crippen MR) is 90.6 cm³/mol. The Morgan fingerprint density at radius 2 is 1.71 bits per heavy atom. The van der Waals surface area contributed by atoms with E-state index in [0.29, 0.717) is 10.5 Å². The van der Waals surface area contributed by atoms with Crippen molar-refractivity contribution in [2.24, 2.45) is 0 Å². The second-order valence-electron chi connectivity index (χ2n) is 3.10. The maximum Gasteiger partial charge on any atom is 0.292 e. The van der Waals surface area contributed by atoms with E-state index in [-0.39, 0.29) is 0 Å². The zero-order valence-corrected chi connectivity index (χ0v) is 15.3. The van der Waals surface area contributed by atoms with Crippen LogP contribution in [0.1, 0.15) is 27.7 Å². The molecule has 0 saturated carbocycles. The molecule has 0 nitrogen and oxygen atoms in total. The zero-order chi connectivity index (χ0) is 11.4. The molecule has 0 N–H and O–H groups in total. The Bertz CT molecular complexity index is 238. The molecule has 0 amide bonds. The van der Waals surface area contributed by atoms with E-state index in [4.69, 9.17) is 23.6 Å². The molecule has 0 aliphatic carbocycles. The maximum absolute atomic E-state index is 5.68. The van der Waals surface area contributed by atoms with E-state index in [1.54, 1.807) is 0 Å². The van der Waals surface area contributed by atoms with Crippen molar-refractivity contribution in [2.75, 3.05) is 0 Å². The minimum absolute atomic E-state index is 0.523. The molecule has 0 aliphatic rings. The molecule has 0 fully saturated rings. The fourth-order valence-corrected chi connectivity index (χ4v) is 28.7. The monoisotopic (exact) mass is 341 g/mol. The summed E-state index contributed by atoms with van der Waals surface area (Å²) in [5.74, 6) is 0. The Morgan fingerprint density at radius 3 is 2.00 bits per heavy atom. The van der Waals surface area contributed by atoms with Crippen molar-refractivity contribution in [3.63, 3.8) is 0 Å². The highest BCUT2D eigenvalue weighted by molar-refractivity contribution is 9.33. The summed E-state index contributed by atoms with van der Waals surface area (Å²) in [5, 5.41) is 1.13. The lowest BCUT2D eigenvalue weighted by Crippen LogP contribution is -1.83. The molecule has 0 heterocycles. The standard InChI is InChI=1S/C6H14P2S6/c1-5(2)12-7(9)8(10,14-11)13-6(3)4/h5-6H,1-4H3/p+1. The first-order valence-electron chi connectivity index (χ1n) is 4.08. The molecule has 0 rings (SSSR count). The predicted octanol–water partition coefficient (Wildman–Crippen LogP) is 5.93. The van der Waals surface area contributed by atoms with Crippen LogP contribution in [-0.2, 0) is 23.6 Å².